The van der Waals surface area contributed by atoms with Crippen LogP contribution in [-0.4, -0.2) is 28.6 Å². The van der Waals surface area contributed by atoms with E-state index in [1.165, 1.54) is 0 Å². The summed E-state index contributed by atoms with van der Waals surface area (Å²) in [5.41, 5.74) is 5.36. The number of anilines is 1. The lowest BCUT2D eigenvalue weighted by molar-refractivity contribution is 0.317. The minimum absolute atomic E-state index is 0.0446. The Morgan fingerprint density at radius 2 is 2.22 bits per heavy atom. The van der Waals surface area contributed by atoms with Gasteiger partial charge in [-0.05, 0) is 13.8 Å². The molecule has 1 aromatic heterocycles. The van der Waals surface area contributed by atoms with Gasteiger partial charge in [0.2, 0.25) is 0 Å². The van der Waals surface area contributed by atoms with Crippen molar-refractivity contribution in [3.8, 4) is 0 Å². The van der Waals surface area contributed by atoms with Gasteiger partial charge in [0, 0.05) is 25.1 Å². The lowest BCUT2D eigenvalue weighted by atomic mass is 10.2. The van der Waals surface area contributed by atoms with Gasteiger partial charge in [0.25, 0.3) is 0 Å². The number of nitrogens with zero attached hydrogens (tertiary/aromatic N) is 3. The first-order valence-corrected chi connectivity index (χ1v) is 5.49. The van der Waals surface area contributed by atoms with Gasteiger partial charge < -0.3 is 15.8 Å². The molecule has 18 heavy (non-hydrogen) atoms. The molecule has 3 N–H and O–H groups in total. The van der Waals surface area contributed by atoms with Gasteiger partial charge in [-0.15, -0.1) is 0 Å². The van der Waals surface area contributed by atoms with Crippen LogP contribution >= 0.6 is 0 Å². The highest BCUT2D eigenvalue weighted by Crippen LogP contribution is 2.19. The van der Waals surface area contributed by atoms with E-state index < -0.39 is 11.6 Å². The molecule has 1 heterocycles. The highest BCUT2D eigenvalue weighted by atomic mass is 19.1. The number of hydrogen-bond donors (Lipinski definition) is 2. The molecule has 0 unspecified atom stereocenters. The van der Waals surface area contributed by atoms with E-state index in [0.717, 1.165) is 12.3 Å². The summed E-state index contributed by atoms with van der Waals surface area (Å²) in [5, 5.41) is 11.3. The third-order valence-corrected chi connectivity index (χ3v) is 2.42. The monoisotopic (exact) mass is 258 g/mol. The van der Waals surface area contributed by atoms with E-state index in [1.807, 2.05) is 13.8 Å². The molecule has 0 fully saturated rings. The molecule has 0 saturated carbocycles. The van der Waals surface area contributed by atoms with Crippen molar-refractivity contribution in [1.29, 1.82) is 0 Å². The Kier molecular flexibility index (Phi) is 4.82. The van der Waals surface area contributed by atoms with E-state index in [-0.39, 0.29) is 24.1 Å². The van der Waals surface area contributed by atoms with Gasteiger partial charge in [-0.2, -0.15) is 0 Å². The second kappa shape index (κ2) is 6.13. The number of halogens is 2. The first-order chi connectivity index (χ1) is 8.45. The second-order valence-corrected chi connectivity index (χ2v) is 4.09. The Hall–Kier alpha value is -1.92. The molecule has 0 radical (unpaired) electrons. The van der Waals surface area contributed by atoms with Crippen LogP contribution < -0.4 is 10.6 Å². The molecule has 5 nitrogen and oxygen atoms in total. The lowest BCUT2D eigenvalue weighted by Gasteiger charge is -2.27. The molecule has 0 spiro atoms. The molecule has 100 valence electrons. The molecule has 7 heteroatoms. The van der Waals surface area contributed by atoms with Gasteiger partial charge in [-0.1, -0.05) is 5.16 Å². The van der Waals surface area contributed by atoms with Crippen LogP contribution in [0.2, 0.25) is 0 Å². The van der Waals surface area contributed by atoms with E-state index in [1.54, 1.807) is 4.90 Å². The number of pyridine rings is 1. The number of oxime groups is 1. The molecule has 0 atom stereocenters. The molecule has 0 bridgehead atoms. The van der Waals surface area contributed by atoms with Crippen LogP contribution in [-0.2, 0) is 0 Å². The Balaban J connectivity index is 2.91. The quantitative estimate of drug-likeness (QED) is 0.365. The summed E-state index contributed by atoms with van der Waals surface area (Å²) in [6.45, 7) is 4.01. The molecular formula is C11H16F2N4O. The lowest BCUT2D eigenvalue weighted by Crippen LogP contribution is -2.35. The zero-order valence-electron chi connectivity index (χ0n) is 10.3. The van der Waals surface area contributed by atoms with E-state index in [0.29, 0.717) is 6.54 Å². The van der Waals surface area contributed by atoms with Crippen molar-refractivity contribution in [2.45, 2.75) is 26.3 Å². The fraction of sp³-hybridized carbons (Fsp3) is 0.455. The number of nitrogens with two attached hydrogens (primary N) is 1. The van der Waals surface area contributed by atoms with Crippen LogP contribution in [0.5, 0.6) is 0 Å². The Morgan fingerprint density at radius 1 is 1.56 bits per heavy atom. The zero-order valence-corrected chi connectivity index (χ0v) is 10.3. The number of amidine groups is 1. The average molecular weight is 258 g/mol. The van der Waals surface area contributed by atoms with E-state index in [9.17, 15) is 8.78 Å². The van der Waals surface area contributed by atoms with Crippen molar-refractivity contribution in [2.75, 3.05) is 11.4 Å². The van der Waals surface area contributed by atoms with Crippen molar-refractivity contribution >= 4 is 11.7 Å². The largest absolute Gasteiger partial charge is 0.409 e. The summed E-state index contributed by atoms with van der Waals surface area (Å²) < 4.78 is 26.4. The molecule has 1 rings (SSSR count). The predicted octanol–water partition coefficient (Wildman–Crippen LogP) is 1.71. The third-order valence-electron chi connectivity index (χ3n) is 2.42. The third kappa shape index (κ3) is 3.54. The predicted molar refractivity (Wildman–Crippen MR) is 64.7 cm³/mol. The summed E-state index contributed by atoms with van der Waals surface area (Å²) in [6, 6.07) is 0.727. The summed E-state index contributed by atoms with van der Waals surface area (Å²) in [5.74, 6) is -1.36. The van der Waals surface area contributed by atoms with Gasteiger partial charge in [0.1, 0.15) is 11.7 Å². The number of rotatable bonds is 5. The molecule has 0 aliphatic carbocycles. The Labute approximate surface area is 104 Å². The fourth-order valence-corrected chi connectivity index (χ4v) is 1.51. The van der Waals surface area contributed by atoms with Gasteiger partial charge in [-0.25, -0.2) is 13.8 Å². The van der Waals surface area contributed by atoms with Crippen molar-refractivity contribution < 1.29 is 14.0 Å². The minimum atomic E-state index is -0.733. The first-order valence-electron chi connectivity index (χ1n) is 5.49. The zero-order chi connectivity index (χ0) is 13.7. The molecule has 0 aliphatic heterocycles. The van der Waals surface area contributed by atoms with Gasteiger partial charge in [0.15, 0.2) is 11.6 Å². The molecule has 0 amide bonds. The van der Waals surface area contributed by atoms with Crippen molar-refractivity contribution in [3.05, 3.63) is 23.9 Å². The van der Waals surface area contributed by atoms with E-state index in [4.69, 9.17) is 10.9 Å². The summed E-state index contributed by atoms with van der Waals surface area (Å²) in [6.07, 6.45) is 1.21. The SMILES string of the molecule is CC(C)N(CCC(N)=NO)c1ncc(F)cc1F. The maximum Gasteiger partial charge on any atom is 0.168 e. The maximum absolute atomic E-state index is 13.6. The van der Waals surface area contributed by atoms with Crippen LogP contribution in [0.3, 0.4) is 0 Å². The standard InChI is InChI=1S/C11H16F2N4O/c1-7(2)17(4-3-10(14)16-18)11-9(13)5-8(12)6-15-11/h5-7,18H,3-4H2,1-2H3,(H2,14,16). The summed E-state index contributed by atoms with van der Waals surface area (Å²) >= 11 is 0. The van der Waals surface area contributed by atoms with Crippen molar-refractivity contribution in [3.63, 3.8) is 0 Å². The highest BCUT2D eigenvalue weighted by molar-refractivity contribution is 5.80. The van der Waals surface area contributed by atoms with Crippen LogP contribution in [0.1, 0.15) is 20.3 Å². The van der Waals surface area contributed by atoms with Gasteiger partial charge in [-0.3, -0.25) is 0 Å². The summed E-state index contributed by atoms with van der Waals surface area (Å²) in [7, 11) is 0. The molecule has 0 saturated heterocycles. The minimum Gasteiger partial charge on any atom is -0.409 e. The molecule has 1 aromatic rings. The maximum atomic E-state index is 13.6. The van der Waals surface area contributed by atoms with Crippen molar-refractivity contribution in [1.82, 2.24) is 4.98 Å². The highest BCUT2D eigenvalue weighted by Gasteiger charge is 2.17. The topological polar surface area (TPSA) is 74.7 Å². The molecule has 0 aliphatic rings. The Bertz CT molecular complexity index is 437. The van der Waals surface area contributed by atoms with E-state index >= 15 is 0 Å². The number of aromatic nitrogens is 1. The van der Waals surface area contributed by atoms with Crippen LogP contribution in [0.25, 0.3) is 0 Å². The van der Waals surface area contributed by atoms with Crippen LogP contribution in [0.15, 0.2) is 17.4 Å². The smallest absolute Gasteiger partial charge is 0.168 e. The Morgan fingerprint density at radius 3 is 2.72 bits per heavy atom. The molecule has 0 aromatic carbocycles. The average Bonchev–Trinajstić information content (AvgIpc) is 2.31. The van der Waals surface area contributed by atoms with Gasteiger partial charge in [0.05, 0.1) is 6.20 Å². The molecular weight excluding hydrogens is 242 g/mol. The van der Waals surface area contributed by atoms with E-state index in [2.05, 4.69) is 10.1 Å². The van der Waals surface area contributed by atoms with Gasteiger partial charge >= 0.3 is 0 Å². The number of hydrogen-bond acceptors (Lipinski definition) is 4. The fourth-order valence-electron chi connectivity index (χ4n) is 1.51. The normalized spacial score (nSPS) is 11.9. The second-order valence-electron chi connectivity index (χ2n) is 4.09. The van der Waals surface area contributed by atoms with Crippen molar-refractivity contribution in [2.24, 2.45) is 10.9 Å². The van der Waals surface area contributed by atoms with Crippen LogP contribution in [0, 0.1) is 11.6 Å². The summed E-state index contributed by atoms with van der Waals surface area (Å²) in [4.78, 5) is 5.35. The first kappa shape index (κ1) is 14.1. The van der Waals surface area contributed by atoms with Crippen LogP contribution in [0.4, 0.5) is 14.6 Å².